The fraction of sp³-hybridized carbons (Fsp3) is 0.733. The lowest BCUT2D eigenvalue weighted by molar-refractivity contribution is 0.0510. The van der Waals surface area contributed by atoms with E-state index in [1.165, 1.54) is 12.8 Å². The third-order valence-corrected chi connectivity index (χ3v) is 5.47. The predicted octanol–water partition coefficient (Wildman–Crippen LogP) is 1.80. The van der Waals surface area contributed by atoms with Gasteiger partial charge in [0.05, 0.1) is 16.8 Å². The number of nitrogens with zero attached hydrogens (tertiary/aromatic N) is 1. The van der Waals surface area contributed by atoms with Crippen LogP contribution in [0.1, 0.15) is 47.8 Å². The van der Waals surface area contributed by atoms with Crippen LogP contribution >= 0.6 is 15.9 Å². The van der Waals surface area contributed by atoms with E-state index in [1.807, 2.05) is 0 Å². The molecule has 0 radical (unpaired) electrons. The Morgan fingerprint density at radius 1 is 1.45 bits per heavy atom. The smallest absolute Gasteiger partial charge is 0.272 e. The van der Waals surface area contributed by atoms with Crippen molar-refractivity contribution in [2.45, 2.75) is 31.6 Å². The molecule has 0 aromatic carbocycles. The van der Waals surface area contributed by atoms with Crippen LogP contribution in [0.3, 0.4) is 0 Å². The van der Waals surface area contributed by atoms with E-state index in [2.05, 4.69) is 36.8 Å². The van der Waals surface area contributed by atoms with E-state index < -0.39 is 0 Å². The van der Waals surface area contributed by atoms with Crippen molar-refractivity contribution in [2.75, 3.05) is 33.4 Å². The highest BCUT2D eigenvalue weighted by Gasteiger charge is 2.34. The average molecular weight is 371 g/mol. The van der Waals surface area contributed by atoms with E-state index in [0.717, 1.165) is 36.1 Å². The van der Waals surface area contributed by atoms with E-state index in [1.54, 1.807) is 7.11 Å². The Hall–Kier alpha value is -0.920. The summed E-state index contributed by atoms with van der Waals surface area (Å²) in [6, 6.07) is 0. The van der Waals surface area contributed by atoms with Gasteiger partial charge in [-0.05, 0) is 54.7 Å². The number of H-pyrrole nitrogens is 1. The molecule has 7 heteroatoms. The molecule has 1 aliphatic carbocycles. The van der Waals surface area contributed by atoms with Crippen LogP contribution in [-0.2, 0) is 4.74 Å². The maximum atomic E-state index is 12.4. The van der Waals surface area contributed by atoms with Crippen molar-refractivity contribution in [2.24, 2.45) is 5.41 Å². The SMILES string of the molecule is COCC1(CNC(=O)c2n[nH]c(C3CC3)c2Br)CCNCC1. The molecule has 1 saturated heterocycles. The zero-order chi connectivity index (χ0) is 15.6. The van der Waals surface area contributed by atoms with E-state index in [4.69, 9.17) is 4.74 Å². The number of halogens is 1. The van der Waals surface area contributed by atoms with E-state index in [-0.39, 0.29) is 11.3 Å². The van der Waals surface area contributed by atoms with E-state index in [9.17, 15) is 4.79 Å². The molecule has 2 fully saturated rings. The summed E-state index contributed by atoms with van der Waals surface area (Å²) in [5.74, 6) is 0.414. The lowest BCUT2D eigenvalue weighted by Gasteiger charge is -2.37. The number of ether oxygens (including phenoxy) is 1. The lowest BCUT2D eigenvalue weighted by Crippen LogP contribution is -2.47. The van der Waals surface area contributed by atoms with Gasteiger partial charge in [0, 0.05) is 25.0 Å². The first-order valence-corrected chi connectivity index (χ1v) is 8.66. The number of methoxy groups -OCH3 is 1. The van der Waals surface area contributed by atoms with Gasteiger partial charge in [0.1, 0.15) is 0 Å². The number of carbonyl (C=O) groups is 1. The quantitative estimate of drug-likeness (QED) is 0.713. The summed E-state index contributed by atoms with van der Waals surface area (Å²) in [5, 5.41) is 13.6. The number of hydrogen-bond acceptors (Lipinski definition) is 4. The molecule has 122 valence electrons. The van der Waals surface area contributed by atoms with Gasteiger partial charge in [0.25, 0.3) is 5.91 Å². The highest BCUT2D eigenvalue weighted by molar-refractivity contribution is 9.10. The van der Waals surface area contributed by atoms with Crippen LogP contribution in [-0.4, -0.2) is 49.5 Å². The van der Waals surface area contributed by atoms with Gasteiger partial charge in [-0.2, -0.15) is 5.10 Å². The summed E-state index contributed by atoms with van der Waals surface area (Å²) in [4.78, 5) is 12.4. The third kappa shape index (κ3) is 3.36. The van der Waals surface area contributed by atoms with Gasteiger partial charge in [0.2, 0.25) is 0 Å². The minimum atomic E-state index is -0.121. The molecule has 2 aliphatic rings. The highest BCUT2D eigenvalue weighted by atomic mass is 79.9. The van der Waals surface area contributed by atoms with Crippen LogP contribution in [0.2, 0.25) is 0 Å². The molecule has 1 aromatic heterocycles. The number of hydrogen-bond donors (Lipinski definition) is 3. The third-order valence-electron chi connectivity index (χ3n) is 4.67. The van der Waals surface area contributed by atoms with Crippen molar-refractivity contribution < 1.29 is 9.53 Å². The first-order chi connectivity index (χ1) is 10.7. The van der Waals surface area contributed by atoms with Crippen LogP contribution in [0.5, 0.6) is 0 Å². The number of carbonyl (C=O) groups excluding carboxylic acids is 1. The molecule has 2 heterocycles. The average Bonchev–Trinajstić information content (AvgIpc) is 3.29. The zero-order valence-corrected chi connectivity index (χ0v) is 14.5. The molecule has 3 N–H and O–H groups in total. The van der Waals surface area contributed by atoms with Crippen molar-refractivity contribution in [3.8, 4) is 0 Å². The van der Waals surface area contributed by atoms with Gasteiger partial charge in [-0.15, -0.1) is 0 Å². The second-order valence-electron chi connectivity index (χ2n) is 6.44. The summed E-state index contributed by atoms with van der Waals surface area (Å²) in [5.41, 5.74) is 1.54. The fourth-order valence-electron chi connectivity index (χ4n) is 3.12. The lowest BCUT2D eigenvalue weighted by atomic mass is 9.79. The number of nitrogens with one attached hydrogen (secondary N) is 3. The molecule has 3 rings (SSSR count). The molecular weight excluding hydrogens is 348 g/mol. The molecule has 1 saturated carbocycles. The maximum Gasteiger partial charge on any atom is 0.272 e. The van der Waals surface area contributed by atoms with Gasteiger partial charge in [0.15, 0.2) is 5.69 Å². The van der Waals surface area contributed by atoms with Crippen LogP contribution in [0.15, 0.2) is 4.47 Å². The number of rotatable bonds is 6. The van der Waals surface area contributed by atoms with Crippen LogP contribution in [0.4, 0.5) is 0 Å². The highest BCUT2D eigenvalue weighted by Crippen LogP contribution is 2.42. The number of piperidine rings is 1. The number of amides is 1. The van der Waals surface area contributed by atoms with Gasteiger partial charge >= 0.3 is 0 Å². The first-order valence-electron chi connectivity index (χ1n) is 7.87. The molecule has 0 atom stereocenters. The van der Waals surface area contributed by atoms with Crippen molar-refractivity contribution in [3.63, 3.8) is 0 Å². The Balaban J connectivity index is 1.63. The van der Waals surface area contributed by atoms with Crippen molar-refractivity contribution >= 4 is 21.8 Å². The minimum Gasteiger partial charge on any atom is -0.384 e. The summed E-state index contributed by atoms with van der Waals surface area (Å²) in [6.07, 6.45) is 4.37. The zero-order valence-electron chi connectivity index (χ0n) is 12.9. The Kier molecular flexibility index (Phi) is 4.84. The summed E-state index contributed by atoms with van der Waals surface area (Å²) in [6.45, 7) is 3.23. The number of aromatic nitrogens is 2. The standard InChI is InChI=1S/C15H23BrN4O2/c1-22-9-15(4-6-17-7-5-15)8-18-14(21)13-11(16)12(19-20-13)10-2-3-10/h10,17H,2-9H2,1H3,(H,18,21)(H,19,20). The summed E-state index contributed by atoms with van der Waals surface area (Å²) < 4.78 is 6.20. The van der Waals surface area contributed by atoms with Gasteiger partial charge in [-0.3, -0.25) is 9.89 Å². The van der Waals surface area contributed by atoms with Gasteiger partial charge in [-0.25, -0.2) is 0 Å². The largest absolute Gasteiger partial charge is 0.384 e. The van der Waals surface area contributed by atoms with Crippen molar-refractivity contribution in [1.82, 2.24) is 20.8 Å². The molecule has 1 aliphatic heterocycles. The fourth-order valence-corrected chi connectivity index (χ4v) is 3.80. The molecule has 1 amide bonds. The molecule has 0 unspecified atom stereocenters. The summed E-state index contributed by atoms with van der Waals surface area (Å²) in [7, 11) is 1.72. The Bertz CT molecular complexity index is 530. The second-order valence-corrected chi connectivity index (χ2v) is 7.23. The normalized spacial score (nSPS) is 20.8. The van der Waals surface area contributed by atoms with Crippen molar-refractivity contribution in [3.05, 3.63) is 15.9 Å². The van der Waals surface area contributed by atoms with Crippen LogP contribution in [0, 0.1) is 5.41 Å². The van der Waals surface area contributed by atoms with Gasteiger partial charge in [-0.1, -0.05) is 0 Å². The Labute approximate surface area is 138 Å². The summed E-state index contributed by atoms with van der Waals surface area (Å²) >= 11 is 3.51. The molecule has 1 aromatic rings. The minimum absolute atomic E-state index is 0.0256. The second kappa shape index (κ2) is 6.68. The predicted molar refractivity (Wildman–Crippen MR) is 87.0 cm³/mol. The molecule has 0 bridgehead atoms. The monoisotopic (exact) mass is 370 g/mol. The molecular formula is C15H23BrN4O2. The van der Waals surface area contributed by atoms with E-state index >= 15 is 0 Å². The Morgan fingerprint density at radius 2 is 2.18 bits per heavy atom. The topological polar surface area (TPSA) is 79.0 Å². The molecule has 6 nitrogen and oxygen atoms in total. The van der Waals surface area contributed by atoms with Crippen LogP contribution < -0.4 is 10.6 Å². The Morgan fingerprint density at radius 3 is 2.82 bits per heavy atom. The van der Waals surface area contributed by atoms with Crippen molar-refractivity contribution in [1.29, 1.82) is 0 Å². The van der Waals surface area contributed by atoms with Gasteiger partial charge < -0.3 is 15.4 Å². The number of aromatic amines is 1. The van der Waals surface area contributed by atoms with Crippen LogP contribution in [0.25, 0.3) is 0 Å². The molecule has 22 heavy (non-hydrogen) atoms. The maximum absolute atomic E-state index is 12.4. The molecule has 0 spiro atoms. The van der Waals surface area contributed by atoms with E-state index in [0.29, 0.717) is 24.8 Å². The first kappa shape index (κ1) is 16.0.